The van der Waals surface area contributed by atoms with E-state index in [0.717, 1.165) is 46.3 Å². The van der Waals surface area contributed by atoms with Gasteiger partial charge in [0, 0.05) is 43.8 Å². The van der Waals surface area contributed by atoms with E-state index in [4.69, 9.17) is 14.1 Å². The molecule has 0 saturated carbocycles. The van der Waals surface area contributed by atoms with Crippen LogP contribution in [0.2, 0.25) is 0 Å². The standard InChI is InChI=1S/C27H30N4O3/c1-17-28-24(16-33-17)19-7-5-18(6-8-19)13-20-14-23(30-25-22(20)9-11-31(25)4)26(32)29-21-10-12-34-27(2,3)15-21/h5-9,11,14,16,21H,10,12-13,15H2,1-4H3,(H,29,32). The molecule has 1 amide bonds. The van der Waals surface area contributed by atoms with E-state index < -0.39 is 0 Å². The van der Waals surface area contributed by atoms with Gasteiger partial charge in [-0.1, -0.05) is 24.3 Å². The predicted octanol–water partition coefficient (Wildman–Crippen LogP) is 4.81. The van der Waals surface area contributed by atoms with Crippen molar-refractivity contribution in [2.75, 3.05) is 6.61 Å². The minimum Gasteiger partial charge on any atom is -0.449 e. The average Bonchev–Trinajstić information content (AvgIpc) is 3.39. The van der Waals surface area contributed by atoms with E-state index in [9.17, 15) is 4.79 Å². The smallest absolute Gasteiger partial charge is 0.270 e. The number of benzene rings is 1. The van der Waals surface area contributed by atoms with Gasteiger partial charge in [0.2, 0.25) is 0 Å². The molecular weight excluding hydrogens is 428 g/mol. The minimum absolute atomic E-state index is 0.0818. The third kappa shape index (κ3) is 4.61. The zero-order valence-electron chi connectivity index (χ0n) is 20.1. The van der Waals surface area contributed by atoms with Crippen LogP contribution in [0, 0.1) is 6.92 Å². The van der Waals surface area contributed by atoms with Gasteiger partial charge in [-0.25, -0.2) is 9.97 Å². The van der Waals surface area contributed by atoms with Gasteiger partial charge in [0.05, 0.1) is 5.60 Å². The lowest BCUT2D eigenvalue weighted by molar-refractivity contribution is -0.0615. The monoisotopic (exact) mass is 458 g/mol. The van der Waals surface area contributed by atoms with E-state index >= 15 is 0 Å². The summed E-state index contributed by atoms with van der Waals surface area (Å²) in [6.45, 7) is 6.61. The molecule has 1 aromatic carbocycles. The number of hydrogen-bond acceptors (Lipinski definition) is 5. The molecular formula is C27H30N4O3. The Balaban J connectivity index is 1.40. The number of nitrogens with zero attached hydrogens (tertiary/aromatic N) is 3. The molecule has 1 fully saturated rings. The second kappa shape index (κ2) is 8.72. The molecule has 7 nitrogen and oxygen atoms in total. The molecule has 0 radical (unpaired) electrons. The molecule has 176 valence electrons. The molecule has 1 N–H and O–H groups in total. The Morgan fingerprint density at radius 2 is 2.00 bits per heavy atom. The summed E-state index contributed by atoms with van der Waals surface area (Å²) in [7, 11) is 1.95. The van der Waals surface area contributed by atoms with Crippen molar-refractivity contribution in [2.24, 2.45) is 7.05 Å². The molecule has 0 aliphatic carbocycles. The maximum Gasteiger partial charge on any atom is 0.270 e. The van der Waals surface area contributed by atoms with Crippen LogP contribution < -0.4 is 5.32 Å². The van der Waals surface area contributed by atoms with Crippen LogP contribution in [0.4, 0.5) is 0 Å². The van der Waals surface area contributed by atoms with Gasteiger partial charge in [0.15, 0.2) is 5.89 Å². The predicted molar refractivity (Wildman–Crippen MR) is 131 cm³/mol. The third-order valence-corrected chi connectivity index (χ3v) is 6.45. The summed E-state index contributed by atoms with van der Waals surface area (Å²) in [5.74, 6) is 0.515. The number of aromatic nitrogens is 3. The lowest BCUT2D eigenvalue weighted by atomic mass is 9.94. The first-order valence-electron chi connectivity index (χ1n) is 11.7. The molecule has 1 saturated heterocycles. The fourth-order valence-electron chi connectivity index (χ4n) is 4.69. The van der Waals surface area contributed by atoms with Crippen molar-refractivity contribution in [3.8, 4) is 11.3 Å². The number of ether oxygens (including phenoxy) is 1. The second-order valence-electron chi connectivity index (χ2n) is 9.73. The van der Waals surface area contributed by atoms with Crippen LogP contribution in [0.1, 0.15) is 54.2 Å². The number of nitrogens with one attached hydrogen (secondary N) is 1. The highest BCUT2D eigenvalue weighted by Gasteiger charge is 2.30. The summed E-state index contributed by atoms with van der Waals surface area (Å²) >= 11 is 0. The highest BCUT2D eigenvalue weighted by atomic mass is 16.5. The van der Waals surface area contributed by atoms with Crippen molar-refractivity contribution in [2.45, 2.75) is 51.7 Å². The number of amides is 1. The number of pyridine rings is 1. The minimum atomic E-state index is -0.228. The highest BCUT2D eigenvalue weighted by molar-refractivity contribution is 5.95. The summed E-state index contributed by atoms with van der Waals surface area (Å²) in [4.78, 5) is 22.3. The zero-order chi connectivity index (χ0) is 23.9. The first kappa shape index (κ1) is 22.3. The second-order valence-corrected chi connectivity index (χ2v) is 9.73. The molecule has 7 heteroatoms. The summed E-state index contributed by atoms with van der Waals surface area (Å²) in [6, 6.07) is 12.4. The van der Waals surface area contributed by atoms with Crippen LogP contribution in [-0.2, 0) is 18.2 Å². The Morgan fingerprint density at radius 3 is 2.71 bits per heavy atom. The van der Waals surface area contributed by atoms with Crippen molar-refractivity contribution in [3.05, 3.63) is 71.6 Å². The van der Waals surface area contributed by atoms with Crippen LogP contribution >= 0.6 is 0 Å². The molecule has 4 heterocycles. The highest BCUT2D eigenvalue weighted by Crippen LogP contribution is 2.26. The van der Waals surface area contributed by atoms with E-state index in [1.807, 2.05) is 30.8 Å². The van der Waals surface area contributed by atoms with E-state index in [0.29, 0.717) is 24.6 Å². The van der Waals surface area contributed by atoms with Gasteiger partial charge in [-0.2, -0.15) is 0 Å². The molecule has 1 aliphatic rings. The third-order valence-electron chi connectivity index (χ3n) is 6.45. The topological polar surface area (TPSA) is 82.2 Å². The Labute approximate surface area is 199 Å². The number of rotatable bonds is 5. The Bertz CT molecular complexity index is 1330. The quantitative estimate of drug-likeness (QED) is 0.464. The molecule has 5 rings (SSSR count). The molecule has 0 spiro atoms. The van der Waals surface area contributed by atoms with Crippen LogP contribution in [-0.4, -0.2) is 38.7 Å². The maximum atomic E-state index is 13.2. The van der Waals surface area contributed by atoms with Gasteiger partial charge < -0.3 is 19.0 Å². The normalized spacial score (nSPS) is 17.7. The van der Waals surface area contributed by atoms with E-state index in [2.05, 4.69) is 54.5 Å². The van der Waals surface area contributed by atoms with Gasteiger partial charge >= 0.3 is 0 Å². The Morgan fingerprint density at radius 1 is 1.21 bits per heavy atom. The molecule has 34 heavy (non-hydrogen) atoms. The largest absolute Gasteiger partial charge is 0.449 e. The molecule has 4 aromatic rings. The summed E-state index contributed by atoms with van der Waals surface area (Å²) in [5, 5.41) is 4.24. The van der Waals surface area contributed by atoms with Crippen LogP contribution in [0.5, 0.6) is 0 Å². The Hall–Kier alpha value is -3.45. The number of carbonyl (C=O) groups is 1. The molecule has 1 aliphatic heterocycles. The van der Waals surface area contributed by atoms with Crippen molar-refractivity contribution in [1.29, 1.82) is 0 Å². The number of carbonyl (C=O) groups excluding carboxylic acids is 1. The number of hydrogen-bond donors (Lipinski definition) is 1. The molecule has 0 bridgehead atoms. The van der Waals surface area contributed by atoms with E-state index in [1.165, 1.54) is 0 Å². The average molecular weight is 459 g/mol. The van der Waals surface area contributed by atoms with Crippen LogP contribution in [0.15, 0.2) is 53.3 Å². The van der Waals surface area contributed by atoms with Gasteiger partial charge in [0.25, 0.3) is 5.91 Å². The maximum absolute atomic E-state index is 13.2. The zero-order valence-corrected chi connectivity index (χ0v) is 20.1. The van der Waals surface area contributed by atoms with Gasteiger partial charge in [-0.3, -0.25) is 4.79 Å². The van der Waals surface area contributed by atoms with Gasteiger partial charge in [0.1, 0.15) is 23.3 Å². The molecule has 1 unspecified atom stereocenters. The lowest BCUT2D eigenvalue weighted by Gasteiger charge is -2.35. The number of aryl methyl sites for hydroxylation is 2. The van der Waals surface area contributed by atoms with Crippen molar-refractivity contribution < 1.29 is 13.9 Å². The molecule has 1 atom stereocenters. The van der Waals surface area contributed by atoms with Crippen LogP contribution in [0.3, 0.4) is 0 Å². The Kier molecular flexibility index (Phi) is 5.73. The van der Waals surface area contributed by atoms with Gasteiger partial charge in [-0.05, 0) is 56.4 Å². The van der Waals surface area contributed by atoms with E-state index in [1.54, 1.807) is 6.26 Å². The van der Waals surface area contributed by atoms with Gasteiger partial charge in [-0.15, -0.1) is 0 Å². The van der Waals surface area contributed by atoms with Crippen LogP contribution in [0.25, 0.3) is 22.3 Å². The fourth-order valence-corrected chi connectivity index (χ4v) is 4.69. The molecule has 3 aromatic heterocycles. The number of fused-ring (bicyclic) bond motifs is 1. The SMILES string of the molecule is Cc1nc(-c2ccc(Cc3cc(C(=O)NC4CCOC(C)(C)C4)nc4c3ccn4C)cc2)co1. The fraction of sp³-hybridized carbons (Fsp3) is 0.370. The summed E-state index contributed by atoms with van der Waals surface area (Å²) in [6.07, 6.45) is 5.96. The first-order valence-corrected chi connectivity index (χ1v) is 11.7. The van der Waals surface area contributed by atoms with E-state index in [-0.39, 0.29) is 17.6 Å². The summed E-state index contributed by atoms with van der Waals surface area (Å²) < 4.78 is 13.1. The first-order chi connectivity index (χ1) is 16.3. The lowest BCUT2D eigenvalue weighted by Crippen LogP contribution is -2.46. The van der Waals surface area contributed by atoms with Crippen molar-refractivity contribution >= 4 is 16.9 Å². The summed E-state index contributed by atoms with van der Waals surface area (Å²) in [5.41, 5.74) is 5.10. The van der Waals surface area contributed by atoms with Crippen molar-refractivity contribution in [1.82, 2.24) is 19.9 Å². The number of oxazole rings is 1. The van der Waals surface area contributed by atoms with Crippen molar-refractivity contribution in [3.63, 3.8) is 0 Å².